The summed E-state index contributed by atoms with van der Waals surface area (Å²) in [5.74, 6) is -0.462. The third-order valence-electron chi connectivity index (χ3n) is 3.23. The molecule has 9 heteroatoms. The van der Waals surface area contributed by atoms with Crippen LogP contribution < -0.4 is 10.0 Å². The van der Waals surface area contributed by atoms with E-state index in [1.165, 1.54) is 18.2 Å². The van der Waals surface area contributed by atoms with Crippen molar-refractivity contribution in [2.24, 2.45) is 0 Å². The summed E-state index contributed by atoms with van der Waals surface area (Å²) in [6.45, 7) is 0. The normalized spacial score (nSPS) is 16.1. The number of carbonyl (C=O) groups is 2. The van der Waals surface area contributed by atoms with Crippen molar-refractivity contribution in [1.29, 1.82) is 0 Å². The molecule has 1 fully saturated rings. The van der Waals surface area contributed by atoms with Gasteiger partial charge in [-0.2, -0.15) is 0 Å². The SMILES string of the molecule is O=C1NC(=O)C(=Cc2ccc(S(=O)(=O)Nc3ccc(Cl)cc3)cc2)S1. The van der Waals surface area contributed by atoms with Gasteiger partial charge in [-0.1, -0.05) is 23.7 Å². The van der Waals surface area contributed by atoms with Crippen molar-refractivity contribution in [2.45, 2.75) is 4.90 Å². The molecule has 1 aliphatic rings. The van der Waals surface area contributed by atoms with E-state index in [1.54, 1.807) is 36.4 Å². The second-order valence-corrected chi connectivity index (χ2v) is 8.17. The molecule has 0 unspecified atom stereocenters. The van der Waals surface area contributed by atoms with Gasteiger partial charge in [0.05, 0.1) is 9.80 Å². The summed E-state index contributed by atoms with van der Waals surface area (Å²) in [4.78, 5) is 23.0. The molecular formula is C16H11ClN2O4S2. The van der Waals surface area contributed by atoms with Gasteiger partial charge < -0.3 is 0 Å². The van der Waals surface area contributed by atoms with Crippen LogP contribution in [0, 0.1) is 0 Å². The molecule has 25 heavy (non-hydrogen) atoms. The van der Waals surface area contributed by atoms with Gasteiger partial charge in [-0.3, -0.25) is 19.6 Å². The van der Waals surface area contributed by atoms with Gasteiger partial charge in [0.2, 0.25) is 0 Å². The lowest BCUT2D eigenvalue weighted by Crippen LogP contribution is -2.17. The summed E-state index contributed by atoms with van der Waals surface area (Å²) in [6, 6.07) is 12.2. The molecule has 0 spiro atoms. The van der Waals surface area contributed by atoms with E-state index in [0.717, 1.165) is 11.8 Å². The van der Waals surface area contributed by atoms with Gasteiger partial charge in [0.15, 0.2) is 0 Å². The molecule has 0 bridgehead atoms. The number of sulfonamides is 1. The van der Waals surface area contributed by atoms with Gasteiger partial charge in [0, 0.05) is 10.7 Å². The molecule has 2 aromatic rings. The molecule has 1 saturated heterocycles. The van der Waals surface area contributed by atoms with Crippen LogP contribution in [0.3, 0.4) is 0 Å². The van der Waals surface area contributed by atoms with Crippen molar-refractivity contribution in [2.75, 3.05) is 4.72 Å². The molecule has 6 nitrogen and oxygen atoms in total. The molecule has 0 radical (unpaired) electrons. The van der Waals surface area contributed by atoms with E-state index in [1.807, 2.05) is 0 Å². The Morgan fingerprint density at radius 2 is 1.64 bits per heavy atom. The van der Waals surface area contributed by atoms with Crippen molar-refractivity contribution in [3.05, 3.63) is 64.0 Å². The molecule has 128 valence electrons. The van der Waals surface area contributed by atoms with Crippen LogP contribution in [0.2, 0.25) is 5.02 Å². The quantitative estimate of drug-likeness (QED) is 0.774. The Kier molecular flexibility index (Phi) is 4.85. The molecular weight excluding hydrogens is 384 g/mol. The first-order valence-corrected chi connectivity index (χ1v) is 9.64. The van der Waals surface area contributed by atoms with Crippen LogP contribution in [0.25, 0.3) is 6.08 Å². The molecule has 2 N–H and O–H groups in total. The Morgan fingerprint density at radius 1 is 1.00 bits per heavy atom. The van der Waals surface area contributed by atoms with E-state index >= 15 is 0 Å². The monoisotopic (exact) mass is 394 g/mol. The average molecular weight is 395 g/mol. The minimum atomic E-state index is -3.74. The topological polar surface area (TPSA) is 92.3 Å². The second kappa shape index (κ2) is 6.91. The highest BCUT2D eigenvalue weighted by molar-refractivity contribution is 8.18. The fourth-order valence-corrected chi connectivity index (χ4v) is 3.91. The molecule has 0 aliphatic carbocycles. The van der Waals surface area contributed by atoms with Crippen molar-refractivity contribution in [3.8, 4) is 0 Å². The Balaban J connectivity index is 1.79. The molecule has 0 saturated carbocycles. The van der Waals surface area contributed by atoms with E-state index in [2.05, 4.69) is 10.0 Å². The Labute approximate surface area is 153 Å². The van der Waals surface area contributed by atoms with E-state index in [9.17, 15) is 18.0 Å². The average Bonchev–Trinajstić information content (AvgIpc) is 2.87. The maximum absolute atomic E-state index is 12.4. The number of nitrogens with one attached hydrogen (secondary N) is 2. The van der Waals surface area contributed by atoms with E-state index in [4.69, 9.17) is 11.6 Å². The fourth-order valence-electron chi connectivity index (χ4n) is 2.05. The van der Waals surface area contributed by atoms with Gasteiger partial charge in [-0.15, -0.1) is 0 Å². The number of carbonyl (C=O) groups excluding carboxylic acids is 2. The van der Waals surface area contributed by atoms with Crippen molar-refractivity contribution in [3.63, 3.8) is 0 Å². The minimum Gasteiger partial charge on any atom is -0.282 e. The van der Waals surface area contributed by atoms with Crippen LogP contribution in [0.5, 0.6) is 0 Å². The van der Waals surface area contributed by atoms with Crippen LogP contribution in [-0.2, 0) is 14.8 Å². The summed E-state index contributed by atoms with van der Waals surface area (Å²) >= 11 is 6.57. The van der Waals surface area contributed by atoms with Crippen LogP contribution in [0.15, 0.2) is 58.3 Å². The summed E-state index contributed by atoms with van der Waals surface area (Å²) in [5, 5.41) is 2.23. The fraction of sp³-hybridized carbons (Fsp3) is 0. The van der Waals surface area contributed by atoms with Crippen molar-refractivity contribution in [1.82, 2.24) is 5.32 Å². The largest absolute Gasteiger partial charge is 0.290 e. The Hall–Kier alpha value is -2.29. The lowest BCUT2D eigenvalue weighted by atomic mass is 10.2. The third kappa shape index (κ3) is 4.22. The highest BCUT2D eigenvalue weighted by Gasteiger charge is 2.25. The molecule has 2 amide bonds. The number of rotatable bonds is 4. The molecule has 0 aromatic heterocycles. The molecule has 0 atom stereocenters. The van der Waals surface area contributed by atoms with Gasteiger partial charge >= 0.3 is 0 Å². The van der Waals surface area contributed by atoms with E-state index < -0.39 is 21.2 Å². The number of thioether (sulfide) groups is 1. The number of hydrogen-bond donors (Lipinski definition) is 2. The highest BCUT2D eigenvalue weighted by Crippen LogP contribution is 2.26. The number of halogens is 1. The summed E-state index contributed by atoms with van der Waals surface area (Å²) in [6.07, 6.45) is 1.52. The van der Waals surface area contributed by atoms with Crippen LogP contribution in [0.1, 0.15) is 5.56 Å². The zero-order valence-electron chi connectivity index (χ0n) is 12.5. The first kappa shape index (κ1) is 17.5. The molecule has 3 rings (SSSR count). The maximum Gasteiger partial charge on any atom is 0.290 e. The standard InChI is InChI=1S/C16H11ClN2O4S2/c17-11-3-5-12(6-4-11)19-25(22,23)13-7-1-10(2-8-13)9-14-15(20)18-16(21)24-14/h1-9,19H,(H,18,20,21). The summed E-state index contributed by atoms with van der Waals surface area (Å²) < 4.78 is 27.2. The Bertz CT molecular complexity index is 968. The zero-order chi connectivity index (χ0) is 18.0. The molecule has 2 aromatic carbocycles. The predicted molar refractivity (Wildman–Crippen MR) is 97.8 cm³/mol. The number of amides is 2. The molecule has 1 heterocycles. The van der Waals surface area contributed by atoms with Gasteiger partial charge in [0.25, 0.3) is 21.2 Å². The third-order valence-corrected chi connectivity index (χ3v) is 5.69. The van der Waals surface area contributed by atoms with Gasteiger partial charge in [-0.25, -0.2) is 8.42 Å². The number of hydrogen-bond acceptors (Lipinski definition) is 5. The lowest BCUT2D eigenvalue weighted by molar-refractivity contribution is -0.115. The first-order valence-electron chi connectivity index (χ1n) is 6.97. The van der Waals surface area contributed by atoms with Gasteiger partial charge in [-0.05, 0) is 59.8 Å². The number of benzene rings is 2. The first-order chi connectivity index (χ1) is 11.8. The second-order valence-electron chi connectivity index (χ2n) is 5.03. The van der Waals surface area contributed by atoms with E-state index in [-0.39, 0.29) is 9.80 Å². The summed E-state index contributed by atoms with van der Waals surface area (Å²) in [7, 11) is -3.74. The van der Waals surface area contributed by atoms with Crippen molar-refractivity contribution >= 4 is 56.3 Å². The lowest BCUT2D eigenvalue weighted by Gasteiger charge is -2.08. The summed E-state index contributed by atoms with van der Waals surface area (Å²) in [5.41, 5.74) is 1.01. The van der Waals surface area contributed by atoms with Gasteiger partial charge in [0.1, 0.15) is 0 Å². The molecule has 1 aliphatic heterocycles. The smallest absolute Gasteiger partial charge is 0.282 e. The maximum atomic E-state index is 12.4. The highest BCUT2D eigenvalue weighted by atomic mass is 35.5. The van der Waals surface area contributed by atoms with Crippen LogP contribution in [0.4, 0.5) is 10.5 Å². The predicted octanol–water partition coefficient (Wildman–Crippen LogP) is 3.46. The number of anilines is 1. The number of imide groups is 1. The van der Waals surface area contributed by atoms with E-state index in [0.29, 0.717) is 16.3 Å². The van der Waals surface area contributed by atoms with Crippen molar-refractivity contribution < 1.29 is 18.0 Å². The van der Waals surface area contributed by atoms with Crippen LogP contribution in [-0.4, -0.2) is 19.6 Å². The van der Waals surface area contributed by atoms with Crippen LogP contribution >= 0.6 is 23.4 Å². The Morgan fingerprint density at radius 3 is 2.20 bits per heavy atom. The minimum absolute atomic E-state index is 0.0733. The zero-order valence-corrected chi connectivity index (χ0v) is 14.9.